The van der Waals surface area contributed by atoms with Crippen molar-refractivity contribution in [2.45, 2.75) is 110 Å². The summed E-state index contributed by atoms with van der Waals surface area (Å²) >= 11 is 0. The summed E-state index contributed by atoms with van der Waals surface area (Å²) < 4.78 is 11.4. The van der Waals surface area contributed by atoms with Gasteiger partial charge in [0.1, 0.15) is 22.9 Å². The van der Waals surface area contributed by atoms with Crippen molar-refractivity contribution in [1.82, 2.24) is 29.7 Å². The molecule has 0 spiro atoms. The van der Waals surface area contributed by atoms with E-state index in [4.69, 9.17) is 19.4 Å². The Kier molecular flexibility index (Phi) is 7.91. The Morgan fingerprint density at radius 3 is 1.51 bits per heavy atom. The second-order valence-electron chi connectivity index (χ2n) is 16.2. The number of aromatic nitrogens is 4. The predicted molar refractivity (Wildman–Crippen MR) is 189 cm³/mol. The molecule has 2 fully saturated rings. The Morgan fingerprint density at radius 1 is 0.714 bits per heavy atom. The molecule has 0 radical (unpaired) electrons. The van der Waals surface area contributed by atoms with E-state index in [1.54, 1.807) is 9.80 Å². The average molecular weight is 665 g/mol. The van der Waals surface area contributed by atoms with Gasteiger partial charge in [0, 0.05) is 18.5 Å². The molecule has 2 N–H and O–H groups in total. The lowest BCUT2D eigenvalue weighted by atomic mass is 9.81. The molecule has 2 aromatic carbocycles. The highest BCUT2D eigenvalue weighted by atomic mass is 16.6. The van der Waals surface area contributed by atoms with Crippen molar-refractivity contribution in [2.75, 3.05) is 13.1 Å². The Balaban J connectivity index is 1.11. The highest BCUT2D eigenvalue weighted by Gasteiger charge is 2.38. The second-order valence-corrected chi connectivity index (χ2v) is 16.2. The minimum absolute atomic E-state index is 0.130. The molecule has 0 unspecified atom stereocenters. The number of nitrogens with zero attached hydrogens (tertiary/aromatic N) is 4. The number of ether oxygens (including phenoxy) is 2. The molecule has 2 saturated heterocycles. The highest BCUT2D eigenvalue weighted by Crippen LogP contribution is 2.50. The maximum Gasteiger partial charge on any atom is 0.410 e. The lowest BCUT2D eigenvalue weighted by Crippen LogP contribution is -2.36. The minimum atomic E-state index is -0.546. The van der Waals surface area contributed by atoms with E-state index in [0.29, 0.717) is 13.1 Å². The molecule has 1 aliphatic carbocycles. The molecule has 2 amide bonds. The van der Waals surface area contributed by atoms with Crippen molar-refractivity contribution in [3.05, 3.63) is 71.6 Å². The van der Waals surface area contributed by atoms with Gasteiger partial charge >= 0.3 is 12.2 Å². The third-order valence-electron chi connectivity index (χ3n) is 9.88. The normalized spacial score (nSPS) is 20.0. The molecule has 2 aromatic heterocycles. The van der Waals surface area contributed by atoms with E-state index in [1.807, 2.05) is 53.9 Å². The molecular formula is C39H48N6O4. The third-order valence-corrected chi connectivity index (χ3v) is 9.88. The van der Waals surface area contributed by atoms with E-state index < -0.39 is 11.2 Å². The van der Waals surface area contributed by atoms with Crippen molar-refractivity contribution in [3.63, 3.8) is 0 Å². The Hall–Kier alpha value is -4.60. The first-order valence-electron chi connectivity index (χ1n) is 17.5. The smallest absolute Gasteiger partial charge is 0.410 e. The van der Waals surface area contributed by atoms with Crippen LogP contribution in [0.5, 0.6) is 0 Å². The lowest BCUT2D eigenvalue weighted by Gasteiger charge is -2.27. The summed E-state index contributed by atoms with van der Waals surface area (Å²) in [6, 6.07) is 13.0. The first-order valence-corrected chi connectivity index (χ1v) is 17.5. The van der Waals surface area contributed by atoms with Gasteiger partial charge in [-0.25, -0.2) is 19.6 Å². The SMILES string of the molecule is CC(C)(C)OC(=O)N1CCC[C@H]1c1ncc(-c2ccc3c(c2)C(C)(C)c2cc(-c4cnc([C@@H]5CCCN5C(=O)OC(C)(C)C)[nH]4)ccc2-3)[nH]1. The van der Waals surface area contributed by atoms with Gasteiger partial charge in [-0.05, 0) is 113 Å². The Bertz CT molecular complexity index is 1770. The van der Waals surface area contributed by atoms with Crippen LogP contribution in [0.3, 0.4) is 0 Å². The number of fused-ring (bicyclic) bond motifs is 3. The molecule has 0 saturated carbocycles. The minimum Gasteiger partial charge on any atom is -0.444 e. The molecule has 258 valence electrons. The van der Waals surface area contributed by atoms with Gasteiger partial charge in [-0.15, -0.1) is 0 Å². The number of nitrogens with one attached hydrogen (secondary N) is 2. The van der Waals surface area contributed by atoms with Crippen molar-refractivity contribution in [2.24, 2.45) is 0 Å². The number of benzene rings is 2. The van der Waals surface area contributed by atoms with E-state index in [9.17, 15) is 9.59 Å². The van der Waals surface area contributed by atoms with Crippen molar-refractivity contribution >= 4 is 12.2 Å². The molecule has 7 rings (SSSR count). The Labute approximate surface area is 288 Å². The number of imidazole rings is 2. The maximum absolute atomic E-state index is 12.9. The van der Waals surface area contributed by atoms with E-state index in [-0.39, 0.29) is 29.7 Å². The van der Waals surface area contributed by atoms with Gasteiger partial charge in [0.25, 0.3) is 0 Å². The summed E-state index contributed by atoms with van der Waals surface area (Å²) in [7, 11) is 0. The van der Waals surface area contributed by atoms with E-state index in [1.165, 1.54) is 22.3 Å². The summed E-state index contributed by atoms with van der Waals surface area (Å²) in [5, 5.41) is 0. The zero-order valence-corrected chi connectivity index (χ0v) is 29.9. The van der Waals surface area contributed by atoms with Crippen molar-refractivity contribution in [3.8, 4) is 33.6 Å². The topological polar surface area (TPSA) is 116 Å². The molecule has 2 aliphatic heterocycles. The van der Waals surface area contributed by atoms with E-state index in [2.05, 4.69) is 60.2 Å². The zero-order valence-electron chi connectivity index (χ0n) is 29.9. The number of carbonyl (C=O) groups excluding carboxylic acids is 2. The van der Waals surface area contributed by atoms with Crippen LogP contribution < -0.4 is 0 Å². The third kappa shape index (κ3) is 6.22. The van der Waals surface area contributed by atoms with Gasteiger partial charge < -0.3 is 19.4 Å². The first-order chi connectivity index (χ1) is 23.1. The van der Waals surface area contributed by atoms with Gasteiger partial charge in [-0.3, -0.25) is 9.80 Å². The van der Waals surface area contributed by atoms with Crippen molar-refractivity contribution in [1.29, 1.82) is 0 Å². The number of carbonyl (C=O) groups is 2. The van der Waals surface area contributed by atoms with Crippen LogP contribution in [-0.4, -0.2) is 66.2 Å². The molecule has 10 heteroatoms. The molecule has 10 nitrogen and oxygen atoms in total. The average Bonchev–Trinajstić information content (AvgIpc) is 3.85. The number of H-pyrrole nitrogens is 2. The molecule has 4 heterocycles. The molecule has 4 aromatic rings. The van der Waals surface area contributed by atoms with Gasteiger partial charge in [0.2, 0.25) is 0 Å². The Morgan fingerprint density at radius 2 is 1.12 bits per heavy atom. The van der Waals surface area contributed by atoms with Crippen LogP contribution >= 0.6 is 0 Å². The molecule has 2 atom stereocenters. The fraction of sp³-hybridized carbons (Fsp3) is 0.487. The summed E-state index contributed by atoms with van der Waals surface area (Å²) in [6.07, 6.45) is 6.69. The summed E-state index contributed by atoms with van der Waals surface area (Å²) in [6.45, 7) is 17.2. The second kappa shape index (κ2) is 11.8. The fourth-order valence-corrected chi connectivity index (χ4v) is 7.56. The quantitative estimate of drug-likeness (QED) is 0.225. The largest absolute Gasteiger partial charge is 0.444 e. The van der Waals surface area contributed by atoms with Gasteiger partial charge in [-0.2, -0.15) is 0 Å². The first kappa shape index (κ1) is 32.9. The van der Waals surface area contributed by atoms with Gasteiger partial charge in [0.05, 0.1) is 35.9 Å². The van der Waals surface area contributed by atoms with E-state index >= 15 is 0 Å². The van der Waals surface area contributed by atoms with Crippen LogP contribution in [0.15, 0.2) is 48.8 Å². The standard InChI is InChI=1S/C39H48N6O4/c1-37(2,3)48-35(46)44-17-9-11-31(44)33-40-21-29(42-33)23-13-15-25-26-16-14-24(20-28(26)39(7,8)27(25)19-23)30-22-41-34(43-30)32-12-10-18-45(32)36(47)49-38(4,5)6/h13-16,19-22,31-32H,9-12,17-18H2,1-8H3,(H,40,42)(H,41,43)/t31-,32-/m0/s1. The number of rotatable bonds is 4. The van der Waals surface area contributed by atoms with Gasteiger partial charge in [0.15, 0.2) is 0 Å². The number of likely N-dealkylation sites (tertiary alicyclic amines) is 2. The number of amides is 2. The molecule has 0 bridgehead atoms. The van der Waals surface area contributed by atoms with Crippen LogP contribution in [0.4, 0.5) is 9.59 Å². The van der Waals surface area contributed by atoms with E-state index in [0.717, 1.165) is 59.8 Å². The highest BCUT2D eigenvalue weighted by molar-refractivity contribution is 5.85. The van der Waals surface area contributed by atoms with Crippen LogP contribution in [-0.2, 0) is 14.9 Å². The number of hydrogen-bond donors (Lipinski definition) is 2. The molecule has 3 aliphatic rings. The lowest BCUT2D eigenvalue weighted by molar-refractivity contribution is 0.0208. The monoisotopic (exact) mass is 664 g/mol. The summed E-state index contributed by atoms with van der Waals surface area (Å²) in [5.74, 6) is 1.58. The van der Waals surface area contributed by atoms with Crippen LogP contribution in [0, 0.1) is 0 Å². The molecule has 49 heavy (non-hydrogen) atoms. The number of aromatic amines is 2. The predicted octanol–water partition coefficient (Wildman–Crippen LogP) is 8.92. The molecular weight excluding hydrogens is 616 g/mol. The number of hydrogen-bond acceptors (Lipinski definition) is 6. The maximum atomic E-state index is 12.9. The summed E-state index contributed by atoms with van der Waals surface area (Å²) in [5.41, 5.74) is 7.62. The summed E-state index contributed by atoms with van der Waals surface area (Å²) in [4.78, 5) is 46.0. The van der Waals surface area contributed by atoms with Crippen molar-refractivity contribution < 1.29 is 19.1 Å². The van der Waals surface area contributed by atoms with Crippen LogP contribution in [0.1, 0.15) is 116 Å². The fourth-order valence-electron chi connectivity index (χ4n) is 7.56. The zero-order chi connectivity index (χ0) is 34.9. The van der Waals surface area contributed by atoms with Crippen LogP contribution in [0.2, 0.25) is 0 Å². The van der Waals surface area contributed by atoms with Crippen LogP contribution in [0.25, 0.3) is 33.6 Å². The van der Waals surface area contributed by atoms with Gasteiger partial charge in [-0.1, -0.05) is 38.1 Å².